The van der Waals surface area contributed by atoms with E-state index in [0.717, 1.165) is 63.9 Å². The summed E-state index contributed by atoms with van der Waals surface area (Å²) in [5, 5.41) is 4.52. The standard InChI is InChI=1S/C21H30N4OS/c1-2-24-13-9-17(10-14-24)22-20(26)15-25-11-7-16(8-12-25)21-23-18-5-3-4-6-19(18)27-21/h3-6,16-17H,2,7-15H2,1H3,(H,22,26). The van der Waals surface area contributed by atoms with Gasteiger partial charge in [-0.15, -0.1) is 11.3 Å². The number of likely N-dealkylation sites (tertiary alicyclic amines) is 2. The van der Waals surface area contributed by atoms with E-state index in [4.69, 9.17) is 4.98 Å². The number of fused-ring (bicyclic) bond motifs is 1. The van der Waals surface area contributed by atoms with Crippen molar-refractivity contribution < 1.29 is 4.79 Å². The number of piperidine rings is 2. The second-order valence-electron chi connectivity index (χ2n) is 7.85. The minimum atomic E-state index is 0.198. The molecular formula is C21H30N4OS. The van der Waals surface area contributed by atoms with Gasteiger partial charge >= 0.3 is 0 Å². The average Bonchev–Trinajstić information content (AvgIpc) is 3.13. The number of nitrogens with one attached hydrogen (secondary N) is 1. The summed E-state index contributed by atoms with van der Waals surface area (Å²) < 4.78 is 1.28. The summed E-state index contributed by atoms with van der Waals surface area (Å²) in [4.78, 5) is 22.0. The minimum Gasteiger partial charge on any atom is -0.352 e. The van der Waals surface area contributed by atoms with Crippen LogP contribution in [0.3, 0.4) is 0 Å². The van der Waals surface area contributed by atoms with Crippen LogP contribution in [0.25, 0.3) is 10.2 Å². The first-order chi connectivity index (χ1) is 13.2. The van der Waals surface area contributed by atoms with Crippen molar-refractivity contribution in [2.24, 2.45) is 0 Å². The van der Waals surface area contributed by atoms with Gasteiger partial charge in [0.2, 0.25) is 5.91 Å². The molecule has 3 heterocycles. The van der Waals surface area contributed by atoms with E-state index in [2.05, 4.69) is 46.3 Å². The van der Waals surface area contributed by atoms with Crippen molar-refractivity contribution in [2.75, 3.05) is 39.3 Å². The number of nitrogens with zero attached hydrogens (tertiary/aromatic N) is 3. The molecule has 6 heteroatoms. The Labute approximate surface area is 165 Å². The zero-order valence-corrected chi connectivity index (χ0v) is 17.0. The molecule has 2 aliphatic heterocycles. The number of hydrogen-bond acceptors (Lipinski definition) is 5. The molecule has 0 aliphatic carbocycles. The molecule has 4 rings (SSSR count). The highest BCUT2D eigenvalue weighted by Gasteiger charge is 2.25. The number of benzene rings is 1. The van der Waals surface area contributed by atoms with Crippen LogP contribution < -0.4 is 5.32 Å². The molecule has 1 amide bonds. The molecule has 1 aromatic carbocycles. The van der Waals surface area contributed by atoms with Gasteiger partial charge in [-0.2, -0.15) is 0 Å². The van der Waals surface area contributed by atoms with Crippen molar-refractivity contribution in [2.45, 2.75) is 44.6 Å². The van der Waals surface area contributed by atoms with Crippen LogP contribution in [0.15, 0.2) is 24.3 Å². The minimum absolute atomic E-state index is 0.198. The highest BCUT2D eigenvalue weighted by atomic mass is 32.1. The molecule has 0 radical (unpaired) electrons. The summed E-state index contributed by atoms with van der Waals surface area (Å²) >= 11 is 1.83. The fourth-order valence-corrected chi connectivity index (χ4v) is 5.41. The summed E-state index contributed by atoms with van der Waals surface area (Å²) in [6, 6.07) is 8.75. The second kappa shape index (κ2) is 8.67. The van der Waals surface area contributed by atoms with Crippen LogP contribution >= 0.6 is 11.3 Å². The Morgan fingerprint density at radius 2 is 1.81 bits per heavy atom. The quantitative estimate of drug-likeness (QED) is 0.858. The highest BCUT2D eigenvalue weighted by molar-refractivity contribution is 7.18. The van der Waals surface area contributed by atoms with Gasteiger partial charge in [0.1, 0.15) is 0 Å². The van der Waals surface area contributed by atoms with E-state index in [1.54, 1.807) is 0 Å². The van der Waals surface area contributed by atoms with Crippen molar-refractivity contribution in [1.82, 2.24) is 20.1 Å². The Kier molecular flexibility index (Phi) is 6.05. The third kappa shape index (κ3) is 4.68. The molecular weight excluding hydrogens is 356 g/mol. The Morgan fingerprint density at radius 1 is 1.11 bits per heavy atom. The largest absolute Gasteiger partial charge is 0.352 e. The van der Waals surface area contributed by atoms with E-state index >= 15 is 0 Å². The molecule has 1 aromatic heterocycles. The van der Waals surface area contributed by atoms with Crippen LogP contribution in [0.4, 0.5) is 0 Å². The highest BCUT2D eigenvalue weighted by Crippen LogP contribution is 2.33. The van der Waals surface area contributed by atoms with Crippen LogP contribution in [0.1, 0.15) is 43.5 Å². The fourth-order valence-electron chi connectivity index (χ4n) is 4.27. The van der Waals surface area contributed by atoms with Crippen molar-refractivity contribution in [3.63, 3.8) is 0 Å². The van der Waals surface area contributed by atoms with Crippen LogP contribution in [0, 0.1) is 0 Å². The summed E-state index contributed by atoms with van der Waals surface area (Å²) in [5.41, 5.74) is 1.12. The number of para-hydroxylation sites is 1. The lowest BCUT2D eigenvalue weighted by Crippen LogP contribution is -2.48. The molecule has 2 aliphatic rings. The first-order valence-corrected chi connectivity index (χ1v) is 11.1. The number of amides is 1. The summed E-state index contributed by atoms with van der Waals surface area (Å²) in [6.07, 6.45) is 4.36. The predicted molar refractivity (Wildman–Crippen MR) is 111 cm³/mol. The number of carbonyl (C=O) groups excluding carboxylic acids is 1. The summed E-state index contributed by atoms with van der Waals surface area (Å²) in [5.74, 6) is 0.739. The van der Waals surface area contributed by atoms with E-state index in [-0.39, 0.29) is 5.91 Å². The van der Waals surface area contributed by atoms with Crippen molar-refractivity contribution in [3.8, 4) is 0 Å². The number of thiazole rings is 1. The third-order valence-corrected chi connectivity index (χ3v) is 7.21. The Balaban J connectivity index is 1.23. The van der Waals surface area contributed by atoms with Crippen LogP contribution in [-0.2, 0) is 4.79 Å². The number of rotatable bonds is 5. The Morgan fingerprint density at radius 3 is 2.52 bits per heavy atom. The predicted octanol–water partition coefficient (Wildman–Crippen LogP) is 3.08. The van der Waals surface area contributed by atoms with Crippen molar-refractivity contribution in [1.29, 1.82) is 0 Å². The van der Waals surface area contributed by atoms with E-state index in [0.29, 0.717) is 18.5 Å². The molecule has 27 heavy (non-hydrogen) atoms. The normalized spacial score (nSPS) is 20.9. The SMILES string of the molecule is CCN1CCC(NC(=O)CN2CCC(c3nc4ccccc4s3)CC2)CC1. The molecule has 1 N–H and O–H groups in total. The van der Waals surface area contributed by atoms with Crippen LogP contribution in [0.2, 0.25) is 0 Å². The topological polar surface area (TPSA) is 48.5 Å². The van der Waals surface area contributed by atoms with Gasteiger partial charge in [0, 0.05) is 25.0 Å². The lowest BCUT2D eigenvalue weighted by atomic mass is 9.97. The van der Waals surface area contributed by atoms with E-state index in [1.165, 1.54) is 9.71 Å². The second-order valence-corrected chi connectivity index (χ2v) is 8.91. The van der Waals surface area contributed by atoms with Crippen molar-refractivity contribution >= 4 is 27.5 Å². The van der Waals surface area contributed by atoms with Gasteiger partial charge in [-0.25, -0.2) is 4.98 Å². The smallest absolute Gasteiger partial charge is 0.234 e. The Bertz CT molecular complexity index is 727. The van der Waals surface area contributed by atoms with Gasteiger partial charge in [-0.3, -0.25) is 9.69 Å². The van der Waals surface area contributed by atoms with Gasteiger partial charge in [0.25, 0.3) is 0 Å². The van der Waals surface area contributed by atoms with E-state index in [9.17, 15) is 4.79 Å². The Hall–Kier alpha value is -1.50. The summed E-state index contributed by atoms with van der Waals surface area (Å²) in [7, 11) is 0. The van der Waals surface area contributed by atoms with Gasteiger partial charge in [-0.1, -0.05) is 19.1 Å². The lowest BCUT2D eigenvalue weighted by Gasteiger charge is -2.33. The molecule has 2 aromatic rings. The van der Waals surface area contributed by atoms with Gasteiger partial charge in [-0.05, 0) is 57.5 Å². The van der Waals surface area contributed by atoms with E-state index in [1.807, 2.05) is 11.3 Å². The maximum Gasteiger partial charge on any atom is 0.234 e. The zero-order valence-electron chi connectivity index (χ0n) is 16.2. The molecule has 0 spiro atoms. The third-order valence-electron chi connectivity index (χ3n) is 6.01. The molecule has 0 atom stereocenters. The van der Waals surface area contributed by atoms with Crippen molar-refractivity contribution in [3.05, 3.63) is 29.3 Å². The number of hydrogen-bond donors (Lipinski definition) is 1. The maximum atomic E-state index is 12.4. The van der Waals surface area contributed by atoms with Gasteiger partial charge in [0.15, 0.2) is 0 Å². The first-order valence-electron chi connectivity index (χ1n) is 10.3. The molecule has 2 saturated heterocycles. The monoisotopic (exact) mass is 386 g/mol. The molecule has 0 saturated carbocycles. The molecule has 146 valence electrons. The first kappa shape index (κ1) is 18.8. The van der Waals surface area contributed by atoms with E-state index < -0.39 is 0 Å². The average molecular weight is 387 g/mol. The number of carbonyl (C=O) groups is 1. The van der Waals surface area contributed by atoms with Gasteiger partial charge in [0.05, 0.1) is 21.8 Å². The number of aromatic nitrogens is 1. The lowest BCUT2D eigenvalue weighted by molar-refractivity contribution is -0.123. The molecule has 2 fully saturated rings. The molecule has 0 bridgehead atoms. The molecule has 5 nitrogen and oxygen atoms in total. The maximum absolute atomic E-state index is 12.4. The van der Waals surface area contributed by atoms with Crippen LogP contribution in [0.5, 0.6) is 0 Å². The summed E-state index contributed by atoms with van der Waals surface area (Å²) in [6.45, 7) is 8.05. The van der Waals surface area contributed by atoms with Gasteiger partial charge < -0.3 is 10.2 Å². The molecule has 0 unspecified atom stereocenters. The zero-order chi connectivity index (χ0) is 18.6. The van der Waals surface area contributed by atoms with Crippen LogP contribution in [-0.4, -0.2) is 66.0 Å². The fraction of sp³-hybridized carbons (Fsp3) is 0.619.